The average molecular weight is 232 g/mol. The van der Waals surface area contributed by atoms with Crippen molar-refractivity contribution >= 4 is 5.96 Å². The van der Waals surface area contributed by atoms with Crippen LogP contribution in [0.4, 0.5) is 4.39 Å². The van der Waals surface area contributed by atoms with E-state index >= 15 is 0 Å². The Bertz CT molecular complexity index is 476. The second kappa shape index (κ2) is 5.30. The van der Waals surface area contributed by atoms with Gasteiger partial charge in [-0.1, -0.05) is 0 Å². The lowest BCUT2D eigenvalue weighted by Gasteiger charge is -2.16. The molecule has 2 rings (SSSR count). The molecule has 1 aliphatic heterocycles. The maximum atomic E-state index is 13.5. The van der Waals surface area contributed by atoms with E-state index in [1.54, 1.807) is 6.07 Å². The summed E-state index contributed by atoms with van der Waals surface area (Å²) in [4.78, 5) is 4.22. The van der Waals surface area contributed by atoms with Gasteiger partial charge >= 0.3 is 0 Å². The number of rotatable bonds is 2. The zero-order chi connectivity index (χ0) is 12.1. The number of halogens is 1. The molecule has 4 nitrogen and oxygen atoms in total. The second-order valence-electron chi connectivity index (χ2n) is 3.78. The second-order valence-corrected chi connectivity index (χ2v) is 3.78. The number of guanidine groups is 1. The maximum Gasteiger partial charge on any atom is 0.191 e. The van der Waals surface area contributed by atoms with Gasteiger partial charge in [-0.3, -0.25) is 4.99 Å². The first-order valence-electron chi connectivity index (χ1n) is 5.50. The summed E-state index contributed by atoms with van der Waals surface area (Å²) >= 11 is 0. The fourth-order valence-corrected chi connectivity index (χ4v) is 1.61. The fourth-order valence-electron chi connectivity index (χ4n) is 1.61. The average Bonchev–Trinajstić information content (AvgIpc) is 2.39. The molecule has 1 aliphatic rings. The van der Waals surface area contributed by atoms with Gasteiger partial charge in [0.15, 0.2) is 5.96 Å². The summed E-state index contributed by atoms with van der Waals surface area (Å²) in [6, 6.07) is 6.32. The minimum absolute atomic E-state index is 0.312. The van der Waals surface area contributed by atoms with Gasteiger partial charge in [0.1, 0.15) is 5.82 Å². The normalized spacial score (nSPS) is 14.5. The molecule has 0 unspecified atom stereocenters. The minimum Gasteiger partial charge on any atom is -0.356 e. The third-order valence-corrected chi connectivity index (χ3v) is 2.52. The van der Waals surface area contributed by atoms with Crippen molar-refractivity contribution < 1.29 is 4.39 Å². The van der Waals surface area contributed by atoms with Crippen molar-refractivity contribution in [2.75, 3.05) is 13.1 Å². The summed E-state index contributed by atoms with van der Waals surface area (Å²) in [5, 5.41) is 14.8. The highest BCUT2D eigenvalue weighted by Crippen LogP contribution is 2.09. The van der Waals surface area contributed by atoms with Crippen molar-refractivity contribution in [1.82, 2.24) is 10.6 Å². The first-order valence-corrected chi connectivity index (χ1v) is 5.50. The molecule has 1 heterocycles. The summed E-state index contributed by atoms with van der Waals surface area (Å²) in [6.45, 7) is 2.00. The highest BCUT2D eigenvalue weighted by atomic mass is 19.1. The van der Waals surface area contributed by atoms with Crippen molar-refractivity contribution in [2.24, 2.45) is 4.99 Å². The molecule has 0 aliphatic carbocycles. The van der Waals surface area contributed by atoms with Crippen LogP contribution < -0.4 is 10.6 Å². The van der Waals surface area contributed by atoms with E-state index in [1.165, 1.54) is 12.1 Å². The molecule has 0 amide bonds. The van der Waals surface area contributed by atoms with Crippen LogP contribution in [0.1, 0.15) is 17.5 Å². The first kappa shape index (κ1) is 11.4. The smallest absolute Gasteiger partial charge is 0.191 e. The lowest BCUT2D eigenvalue weighted by Crippen LogP contribution is -2.40. The van der Waals surface area contributed by atoms with Crippen LogP contribution in [0.15, 0.2) is 23.2 Å². The number of benzene rings is 1. The number of hydrogen-bond acceptors (Lipinski definition) is 4. The van der Waals surface area contributed by atoms with Crippen LogP contribution in [0.3, 0.4) is 0 Å². The number of aliphatic imine (C=N–C) groups is 1. The molecular weight excluding hydrogens is 219 g/mol. The first-order chi connectivity index (χ1) is 8.29. The van der Waals surface area contributed by atoms with E-state index in [9.17, 15) is 4.39 Å². The van der Waals surface area contributed by atoms with Crippen LogP contribution >= 0.6 is 0 Å². The van der Waals surface area contributed by atoms with Gasteiger partial charge in [0.25, 0.3) is 0 Å². The van der Waals surface area contributed by atoms with Crippen molar-refractivity contribution in [3.63, 3.8) is 0 Å². The predicted molar refractivity (Wildman–Crippen MR) is 62.9 cm³/mol. The molecule has 17 heavy (non-hydrogen) atoms. The van der Waals surface area contributed by atoms with Crippen LogP contribution in [0.2, 0.25) is 0 Å². The van der Waals surface area contributed by atoms with Crippen LogP contribution in [0.5, 0.6) is 0 Å². The Morgan fingerprint density at radius 2 is 2.41 bits per heavy atom. The summed E-state index contributed by atoms with van der Waals surface area (Å²) in [7, 11) is 0. The third kappa shape index (κ3) is 2.94. The van der Waals surface area contributed by atoms with E-state index in [0.717, 1.165) is 19.5 Å². The zero-order valence-electron chi connectivity index (χ0n) is 9.33. The molecule has 5 heteroatoms. The van der Waals surface area contributed by atoms with Crippen molar-refractivity contribution in [2.45, 2.75) is 13.0 Å². The largest absolute Gasteiger partial charge is 0.356 e. The summed E-state index contributed by atoms with van der Waals surface area (Å²) < 4.78 is 13.5. The number of nitriles is 1. The molecule has 0 fully saturated rings. The highest BCUT2D eigenvalue weighted by Gasteiger charge is 2.06. The van der Waals surface area contributed by atoms with Crippen LogP contribution in [-0.4, -0.2) is 19.0 Å². The molecule has 0 radical (unpaired) electrons. The van der Waals surface area contributed by atoms with E-state index < -0.39 is 0 Å². The van der Waals surface area contributed by atoms with E-state index in [0.29, 0.717) is 23.6 Å². The summed E-state index contributed by atoms with van der Waals surface area (Å²) in [5.74, 6) is 0.380. The van der Waals surface area contributed by atoms with E-state index in [1.807, 2.05) is 6.07 Å². The Morgan fingerprint density at radius 3 is 3.12 bits per heavy atom. The van der Waals surface area contributed by atoms with Gasteiger partial charge in [-0.15, -0.1) is 0 Å². The predicted octanol–water partition coefficient (Wildman–Crippen LogP) is 1.14. The lowest BCUT2D eigenvalue weighted by molar-refractivity contribution is 0.602. The number of nitrogens with zero attached hydrogens (tertiary/aromatic N) is 2. The standard InChI is InChI=1S/C12H13FN4/c13-11-3-2-9(7-14)6-10(11)8-17-12-15-4-1-5-16-12/h2-3,6H,1,4-5,8H2,(H2,15,16,17). The van der Waals surface area contributed by atoms with Crippen LogP contribution in [0, 0.1) is 17.1 Å². The van der Waals surface area contributed by atoms with Gasteiger partial charge in [-0.2, -0.15) is 5.26 Å². The van der Waals surface area contributed by atoms with Gasteiger partial charge in [0.2, 0.25) is 0 Å². The topological polar surface area (TPSA) is 60.2 Å². The van der Waals surface area contributed by atoms with Crippen molar-refractivity contribution in [3.8, 4) is 6.07 Å². The summed E-state index contributed by atoms with van der Waals surface area (Å²) in [5.41, 5.74) is 0.931. The van der Waals surface area contributed by atoms with E-state index in [-0.39, 0.29) is 5.82 Å². The molecule has 1 aromatic carbocycles. The molecule has 0 aromatic heterocycles. The molecule has 0 atom stereocenters. The van der Waals surface area contributed by atoms with Gasteiger partial charge in [0.05, 0.1) is 11.6 Å². The number of nitrogens with one attached hydrogen (secondary N) is 2. The van der Waals surface area contributed by atoms with Crippen molar-refractivity contribution in [3.05, 3.63) is 35.1 Å². The zero-order valence-corrected chi connectivity index (χ0v) is 9.33. The molecular formula is C12H13FN4. The van der Waals surface area contributed by atoms with Gasteiger partial charge in [0, 0.05) is 25.2 Å². The minimum atomic E-state index is -0.312. The fraction of sp³-hybridized carbons (Fsp3) is 0.333. The van der Waals surface area contributed by atoms with Crippen LogP contribution in [-0.2, 0) is 6.54 Å². The molecule has 2 N–H and O–H groups in total. The third-order valence-electron chi connectivity index (χ3n) is 2.52. The molecule has 0 bridgehead atoms. The molecule has 0 saturated heterocycles. The van der Waals surface area contributed by atoms with Crippen molar-refractivity contribution in [1.29, 1.82) is 5.26 Å². The Hall–Kier alpha value is -2.09. The molecule has 0 spiro atoms. The molecule has 1 aromatic rings. The molecule has 0 saturated carbocycles. The Labute approximate surface area is 99.2 Å². The highest BCUT2D eigenvalue weighted by molar-refractivity contribution is 5.80. The van der Waals surface area contributed by atoms with E-state index in [2.05, 4.69) is 15.6 Å². The number of hydrogen-bond donors (Lipinski definition) is 2. The molecule has 88 valence electrons. The maximum absolute atomic E-state index is 13.5. The Kier molecular flexibility index (Phi) is 3.55. The Balaban J connectivity index is 2.03. The van der Waals surface area contributed by atoms with Gasteiger partial charge in [-0.25, -0.2) is 4.39 Å². The summed E-state index contributed by atoms with van der Waals surface area (Å²) in [6.07, 6.45) is 1.02. The van der Waals surface area contributed by atoms with Crippen LogP contribution in [0.25, 0.3) is 0 Å². The van der Waals surface area contributed by atoms with Gasteiger partial charge in [-0.05, 0) is 24.6 Å². The SMILES string of the molecule is N#Cc1ccc(F)c(CNC2=NCCCN2)c1. The lowest BCUT2D eigenvalue weighted by atomic mass is 10.1. The Morgan fingerprint density at radius 1 is 1.53 bits per heavy atom. The van der Waals surface area contributed by atoms with E-state index in [4.69, 9.17) is 5.26 Å². The van der Waals surface area contributed by atoms with Gasteiger partial charge < -0.3 is 10.6 Å². The quantitative estimate of drug-likeness (QED) is 0.803. The monoisotopic (exact) mass is 232 g/mol.